The zero-order chi connectivity index (χ0) is 28.2. The Morgan fingerprint density at radius 1 is 0.316 bits per heavy atom. The monoisotopic (exact) mass is 539 g/mol. The summed E-state index contributed by atoms with van der Waals surface area (Å²) < 4.78 is 0. The summed E-state index contributed by atoms with van der Waals surface area (Å²) in [5, 5.41) is 0. The lowest BCUT2D eigenvalue weighted by atomic mass is 9.63. The molecule has 8 N–H and O–H groups in total. The van der Waals surface area contributed by atoms with Gasteiger partial charge in [0.1, 0.15) is 0 Å². The first-order valence-electron chi connectivity index (χ1n) is 17.3. The van der Waals surface area contributed by atoms with Gasteiger partial charge in [-0.2, -0.15) is 0 Å². The molecule has 230 valence electrons. The Kier molecular flexibility index (Phi) is 28.3. The molecule has 0 amide bonds. The van der Waals surface area contributed by atoms with Gasteiger partial charge in [-0.3, -0.25) is 0 Å². The highest BCUT2D eigenvalue weighted by molar-refractivity contribution is 4.86. The fourth-order valence-electron chi connectivity index (χ4n) is 6.55. The van der Waals surface area contributed by atoms with Crippen molar-refractivity contribution in [3.63, 3.8) is 0 Å². The zero-order valence-electron chi connectivity index (χ0n) is 26.5. The molecule has 0 aliphatic rings. The van der Waals surface area contributed by atoms with Crippen LogP contribution in [0.1, 0.15) is 174 Å². The Morgan fingerprint density at radius 3 is 0.711 bits per heavy atom. The molecule has 1 atom stereocenters. The van der Waals surface area contributed by atoms with Crippen LogP contribution < -0.4 is 22.9 Å². The highest BCUT2D eigenvalue weighted by Gasteiger charge is 2.35. The lowest BCUT2D eigenvalue weighted by Gasteiger charge is -2.42. The molecule has 38 heavy (non-hydrogen) atoms. The van der Waals surface area contributed by atoms with Gasteiger partial charge in [0, 0.05) is 0 Å². The van der Waals surface area contributed by atoms with Crippen molar-refractivity contribution in [3.8, 4) is 0 Å². The first-order valence-corrected chi connectivity index (χ1v) is 17.3. The number of rotatable bonds is 31. The van der Waals surface area contributed by atoms with Gasteiger partial charge in [0.25, 0.3) is 0 Å². The van der Waals surface area contributed by atoms with E-state index in [0.29, 0.717) is 5.41 Å². The molecule has 0 radical (unpaired) electrons. The average molecular weight is 539 g/mol. The maximum absolute atomic E-state index is 5.72. The van der Waals surface area contributed by atoms with Crippen LogP contribution in [-0.2, 0) is 0 Å². The van der Waals surface area contributed by atoms with Crippen molar-refractivity contribution in [2.75, 3.05) is 26.2 Å². The second-order valence-corrected chi connectivity index (χ2v) is 12.9. The molecule has 0 bridgehead atoms. The topological polar surface area (TPSA) is 104 Å². The average Bonchev–Trinajstić information content (AvgIpc) is 2.91. The third-order valence-electron chi connectivity index (χ3n) is 9.38. The summed E-state index contributed by atoms with van der Waals surface area (Å²) in [5.41, 5.74) is 23.3. The number of unbranched alkanes of at least 4 members (excludes halogenated alkanes) is 17. The van der Waals surface area contributed by atoms with Gasteiger partial charge in [-0.15, -0.1) is 0 Å². The lowest BCUT2D eigenvalue weighted by molar-refractivity contribution is 0.0775. The predicted molar refractivity (Wildman–Crippen MR) is 172 cm³/mol. The van der Waals surface area contributed by atoms with Crippen molar-refractivity contribution in [2.45, 2.75) is 174 Å². The highest BCUT2D eigenvalue weighted by atomic mass is 14.5. The van der Waals surface area contributed by atoms with Crippen molar-refractivity contribution in [1.29, 1.82) is 0 Å². The largest absolute Gasteiger partial charge is 0.330 e. The molecule has 4 heteroatoms. The molecule has 0 aliphatic carbocycles. The molecule has 0 spiro atoms. The van der Waals surface area contributed by atoms with Crippen LogP contribution in [0.4, 0.5) is 0 Å². The Hall–Kier alpha value is -0.160. The van der Waals surface area contributed by atoms with Crippen LogP contribution in [0.2, 0.25) is 0 Å². The molecule has 0 aliphatic heterocycles. The van der Waals surface area contributed by atoms with Gasteiger partial charge in [0.15, 0.2) is 0 Å². The van der Waals surface area contributed by atoms with Crippen LogP contribution in [0.25, 0.3) is 0 Å². The summed E-state index contributed by atoms with van der Waals surface area (Å²) in [7, 11) is 0. The van der Waals surface area contributed by atoms with Gasteiger partial charge in [-0.05, 0) is 94.8 Å². The van der Waals surface area contributed by atoms with E-state index in [-0.39, 0.29) is 0 Å². The van der Waals surface area contributed by atoms with Gasteiger partial charge in [0.2, 0.25) is 0 Å². The van der Waals surface area contributed by atoms with Crippen molar-refractivity contribution in [1.82, 2.24) is 0 Å². The Bertz CT molecular complexity index is 438. The molecule has 0 saturated carbocycles. The van der Waals surface area contributed by atoms with E-state index in [1.807, 2.05) is 0 Å². The summed E-state index contributed by atoms with van der Waals surface area (Å²) in [4.78, 5) is 0. The summed E-state index contributed by atoms with van der Waals surface area (Å²) >= 11 is 0. The molecular weight excluding hydrogens is 464 g/mol. The Balaban J connectivity index is 5.03. The van der Waals surface area contributed by atoms with Gasteiger partial charge in [-0.25, -0.2) is 0 Å². The van der Waals surface area contributed by atoms with E-state index >= 15 is 0 Å². The van der Waals surface area contributed by atoms with Crippen molar-refractivity contribution in [2.24, 2.45) is 40.2 Å². The van der Waals surface area contributed by atoms with E-state index in [9.17, 15) is 0 Å². The minimum Gasteiger partial charge on any atom is -0.330 e. The first kappa shape index (κ1) is 37.8. The SMILES string of the molecule is CC(C)(C(CCCCCCCN)CCCCCCCN)C(CCCCCCCN)CCCCCCCCN. The highest BCUT2D eigenvalue weighted by Crippen LogP contribution is 2.45. The maximum atomic E-state index is 5.72. The van der Waals surface area contributed by atoms with Crippen LogP contribution in [0.3, 0.4) is 0 Å². The van der Waals surface area contributed by atoms with E-state index in [2.05, 4.69) is 13.8 Å². The van der Waals surface area contributed by atoms with Crippen LogP contribution >= 0.6 is 0 Å². The van der Waals surface area contributed by atoms with Crippen LogP contribution in [0.15, 0.2) is 0 Å². The molecule has 0 heterocycles. The van der Waals surface area contributed by atoms with E-state index in [1.165, 1.54) is 161 Å². The Labute approximate surface area is 240 Å². The molecule has 1 unspecified atom stereocenters. The van der Waals surface area contributed by atoms with Gasteiger partial charge in [0.05, 0.1) is 0 Å². The van der Waals surface area contributed by atoms with Gasteiger partial charge >= 0.3 is 0 Å². The predicted octanol–water partition coefficient (Wildman–Crippen LogP) is 8.83. The molecule has 0 saturated heterocycles. The van der Waals surface area contributed by atoms with E-state index < -0.39 is 0 Å². The molecule has 0 aromatic heterocycles. The van der Waals surface area contributed by atoms with Gasteiger partial charge < -0.3 is 22.9 Å². The Morgan fingerprint density at radius 2 is 0.500 bits per heavy atom. The van der Waals surface area contributed by atoms with E-state index in [4.69, 9.17) is 22.9 Å². The smallest absolute Gasteiger partial charge is 0.00773 e. The molecule has 0 aromatic rings. The molecule has 4 nitrogen and oxygen atoms in total. The molecule has 0 fully saturated rings. The molecule has 0 rings (SSSR count). The van der Waals surface area contributed by atoms with Crippen molar-refractivity contribution in [3.05, 3.63) is 0 Å². The standard InChI is InChI=1S/C34H74N4/c1-34(2,33(26-18-10-6-14-22-30-37)27-19-11-7-15-23-31-38)32(25-17-9-5-13-21-29-36)24-16-8-3-4-12-20-28-35/h32-33H,3-31,35-38H2,1-2H3. The zero-order valence-corrected chi connectivity index (χ0v) is 26.5. The molecule has 0 aromatic carbocycles. The molecular formula is C34H74N4. The quantitative estimate of drug-likeness (QED) is 0.0661. The number of hydrogen-bond donors (Lipinski definition) is 4. The first-order chi connectivity index (χ1) is 18.5. The minimum atomic E-state index is 0.436. The van der Waals surface area contributed by atoms with Gasteiger partial charge in [-0.1, -0.05) is 123 Å². The summed E-state index contributed by atoms with van der Waals surface area (Å²) in [6, 6.07) is 0. The number of nitrogens with two attached hydrogens (primary N) is 4. The maximum Gasteiger partial charge on any atom is -0.00773 e. The normalized spacial score (nSPS) is 13.0. The summed E-state index contributed by atoms with van der Waals surface area (Å²) in [6.45, 7) is 8.70. The third-order valence-corrected chi connectivity index (χ3v) is 9.38. The minimum absolute atomic E-state index is 0.436. The fraction of sp³-hybridized carbons (Fsp3) is 1.00. The number of hydrogen-bond acceptors (Lipinski definition) is 4. The lowest BCUT2D eigenvalue weighted by Crippen LogP contribution is -2.33. The van der Waals surface area contributed by atoms with Crippen molar-refractivity contribution >= 4 is 0 Å². The van der Waals surface area contributed by atoms with Crippen LogP contribution in [0.5, 0.6) is 0 Å². The fourth-order valence-corrected chi connectivity index (χ4v) is 6.55. The summed E-state index contributed by atoms with van der Waals surface area (Å²) in [6.07, 6.45) is 33.7. The third kappa shape index (κ3) is 21.6. The summed E-state index contributed by atoms with van der Waals surface area (Å²) in [5.74, 6) is 1.72. The second-order valence-electron chi connectivity index (χ2n) is 12.9. The van der Waals surface area contributed by atoms with E-state index in [0.717, 1.165) is 38.0 Å². The van der Waals surface area contributed by atoms with Crippen molar-refractivity contribution < 1.29 is 0 Å². The van der Waals surface area contributed by atoms with Crippen LogP contribution in [0, 0.1) is 17.3 Å². The second kappa shape index (κ2) is 28.4. The van der Waals surface area contributed by atoms with Crippen LogP contribution in [-0.4, -0.2) is 26.2 Å². The van der Waals surface area contributed by atoms with E-state index in [1.54, 1.807) is 0 Å².